The van der Waals surface area contributed by atoms with Crippen molar-refractivity contribution in [1.82, 2.24) is 0 Å². The molecule has 14 heavy (non-hydrogen) atoms. The Hall–Kier alpha value is -1.31. The van der Waals surface area contributed by atoms with E-state index in [0.29, 0.717) is 5.56 Å². The van der Waals surface area contributed by atoms with E-state index < -0.39 is 16.3 Å². The number of nitro benzene ring substituents is 1. The van der Waals surface area contributed by atoms with Crippen molar-refractivity contribution in [2.75, 3.05) is 0 Å². The topological polar surface area (TPSA) is 92.5 Å². The zero-order chi connectivity index (χ0) is 10.6. The summed E-state index contributed by atoms with van der Waals surface area (Å²) >= 11 is -2.60. The molecule has 7 heteroatoms. The SMILES string of the molecule is O=[N+]([O-])c1cccc(COS(=O)[O-])c1. The molecule has 0 radical (unpaired) electrons. The quantitative estimate of drug-likeness (QED) is 0.423. The second-order valence-corrected chi connectivity index (χ2v) is 3.04. The highest BCUT2D eigenvalue weighted by atomic mass is 32.2. The molecule has 1 aromatic rings. The second kappa shape index (κ2) is 4.80. The molecule has 1 aromatic carbocycles. The Morgan fingerprint density at radius 1 is 1.50 bits per heavy atom. The molecule has 1 unspecified atom stereocenters. The van der Waals surface area contributed by atoms with E-state index >= 15 is 0 Å². The lowest BCUT2D eigenvalue weighted by Gasteiger charge is -2.04. The third kappa shape index (κ3) is 3.21. The fourth-order valence-corrected chi connectivity index (χ4v) is 1.11. The van der Waals surface area contributed by atoms with Crippen LogP contribution in [-0.4, -0.2) is 13.7 Å². The Morgan fingerprint density at radius 2 is 2.21 bits per heavy atom. The first-order chi connectivity index (χ1) is 6.59. The highest BCUT2D eigenvalue weighted by Crippen LogP contribution is 2.13. The van der Waals surface area contributed by atoms with Crippen LogP contribution in [0.5, 0.6) is 0 Å². The molecule has 76 valence electrons. The summed E-state index contributed by atoms with van der Waals surface area (Å²) in [5, 5.41) is 10.3. The normalized spacial score (nSPS) is 12.4. The van der Waals surface area contributed by atoms with E-state index in [9.17, 15) is 18.9 Å². The van der Waals surface area contributed by atoms with E-state index in [1.165, 1.54) is 18.2 Å². The van der Waals surface area contributed by atoms with E-state index in [1.807, 2.05) is 0 Å². The molecule has 6 nitrogen and oxygen atoms in total. The first-order valence-corrected chi connectivity index (χ1v) is 4.55. The van der Waals surface area contributed by atoms with Crippen LogP contribution in [0.25, 0.3) is 0 Å². The molecule has 0 fully saturated rings. The van der Waals surface area contributed by atoms with Gasteiger partial charge in [0, 0.05) is 12.1 Å². The molecule has 0 bridgehead atoms. The van der Waals surface area contributed by atoms with E-state index in [4.69, 9.17) is 0 Å². The summed E-state index contributed by atoms with van der Waals surface area (Å²) in [6.07, 6.45) is 0. The van der Waals surface area contributed by atoms with E-state index in [0.717, 1.165) is 0 Å². The molecule has 0 aliphatic heterocycles. The summed E-state index contributed by atoms with van der Waals surface area (Å²) in [6, 6.07) is 5.58. The van der Waals surface area contributed by atoms with Gasteiger partial charge in [-0.3, -0.25) is 14.3 Å². The zero-order valence-corrected chi connectivity index (χ0v) is 7.73. The monoisotopic (exact) mass is 216 g/mol. The van der Waals surface area contributed by atoms with Gasteiger partial charge < -0.3 is 4.55 Å². The summed E-state index contributed by atoms with van der Waals surface area (Å²) in [6.45, 7) is -0.197. The van der Waals surface area contributed by atoms with Crippen molar-refractivity contribution < 1.29 is 17.9 Å². The lowest BCUT2D eigenvalue weighted by molar-refractivity contribution is -0.384. The number of benzene rings is 1. The van der Waals surface area contributed by atoms with E-state index in [2.05, 4.69) is 4.18 Å². The van der Waals surface area contributed by atoms with Gasteiger partial charge in [-0.25, -0.2) is 4.21 Å². The predicted octanol–water partition coefficient (Wildman–Crippen LogP) is 0.906. The molecular weight excluding hydrogens is 210 g/mol. The van der Waals surface area contributed by atoms with Gasteiger partial charge in [-0.1, -0.05) is 12.1 Å². The number of hydrogen-bond donors (Lipinski definition) is 0. The van der Waals surface area contributed by atoms with Gasteiger partial charge in [0.25, 0.3) is 5.69 Å². The lowest BCUT2D eigenvalue weighted by atomic mass is 10.2. The molecule has 0 amide bonds. The Bertz CT molecular complexity index is 367. The molecule has 0 aliphatic carbocycles. The van der Waals surface area contributed by atoms with Crippen molar-refractivity contribution in [3.8, 4) is 0 Å². The molecule has 1 rings (SSSR count). The van der Waals surface area contributed by atoms with Crippen LogP contribution >= 0.6 is 0 Å². The molecule has 0 heterocycles. The van der Waals surface area contributed by atoms with Crippen molar-refractivity contribution in [2.45, 2.75) is 6.61 Å². The number of non-ortho nitro benzene ring substituents is 1. The predicted molar refractivity (Wildman–Crippen MR) is 46.8 cm³/mol. The van der Waals surface area contributed by atoms with Crippen molar-refractivity contribution >= 4 is 17.0 Å². The Labute approximate surface area is 82.1 Å². The molecule has 0 saturated carbocycles. The molecule has 0 aliphatic rings. The van der Waals surface area contributed by atoms with Gasteiger partial charge in [0.1, 0.15) is 0 Å². The molecule has 1 atom stereocenters. The standard InChI is InChI=1S/C7H7NO5S/c9-8(10)7-3-1-2-6(4-7)5-13-14(11)12/h1-4H,5H2,(H,11,12)/p-1. The van der Waals surface area contributed by atoms with Crippen LogP contribution in [0.4, 0.5) is 5.69 Å². The maximum Gasteiger partial charge on any atom is 0.269 e. The largest absolute Gasteiger partial charge is 0.750 e. The maximum atomic E-state index is 10.3. The van der Waals surface area contributed by atoms with Gasteiger partial charge in [-0.15, -0.1) is 0 Å². The van der Waals surface area contributed by atoms with Crippen molar-refractivity contribution in [1.29, 1.82) is 0 Å². The van der Waals surface area contributed by atoms with Gasteiger partial charge in [-0.05, 0) is 5.56 Å². The third-order valence-corrected chi connectivity index (χ3v) is 1.75. The van der Waals surface area contributed by atoms with Crippen LogP contribution in [-0.2, 0) is 22.2 Å². The fraction of sp³-hybridized carbons (Fsp3) is 0.143. The number of hydrogen-bond acceptors (Lipinski definition) is 5. The van der Waals surface area contributed by atoms with Crippen LogP contribution in [0.15, 0.2) is 24.3 Å². The molecule has 0 aromatic heterocycles. The third-order valence-electron chi connectivity index (χ3n) is 1.44. The highest BCUT2D eigenvalue weighted by Gasteiger charge is 2.05. The Kier molecular flexibility index (Phi) is 3.69. The van der Waals surface area contributed by atoms with Crippen LogP contribution in [0.1, 0.15) is 5.56 Å². The van der Waals surface area contributed by atoms with Gasteiger partial charge in [-0.2, -0.15) is 0 Å². The van der Waals surface area contributed by atoms with Crippen LogP contribution in [0.3, 0.4) is 0 Å². The maximum absolute atomic E-state index is 10.3. The lowest BCUT2D eigenvalue weighted by Crippen LogP contribution is -1.97. The number of rotatable bonds is 4. The molecule has 0 saturated heterocycles. The fourth-order valence-electron chi connectivity index (χ4n) is 0.876. The minimum Gasteiger partial charge on any atom is -0.750 e. The summed E-state index contributed by atoms with van der Waals surface area (Å²) in [7, 11) is 0. The van der Waals surface area contributed by atoms with Crippen molar-refractivity contribution in [3.05, 3.63) is 39.9 Å². The average Bonchev–Trinajstić information content (AvgIpc) is 2.15. The van der Waals surface area contributed by atoms with Crippen molar-refractivity contribution in [2.24, 2.45) is 0 Å². The summed E-state index contributed by atoms with van der Waals surface area (Å²) < 4.78 is 24.3. The van der Waals surface area contributed by atoms with Crippen molar-refractivity contribution in [3.63, 3.8) is 0 Å². The minimum atomic E-state index is -2.60. The van der Waals surface area contributed by atoms with Gasteiger partial charge >= 0.3 is 0 Å². The van der Waals surface area contributed by atoms with Crippen LogP contribution < -0.4 is 0 Å². The van der Waals surface area contributed by atoms with Crippen LogP contribution in [0, 0.1) is 10.1 Å². The van der Waals surface area contributed by atoms with E-state index in [-0.39, 0.29) is 12.3 Å². The van der Waals surface area contributed by atoms with E-state index in [1.54, 1.807) is 6.07 Å². The number of nitro groups is 1. The smallest absolute Gasteiger partial charge is 0.269 e. The Morgan fingerprint density at radius 3 is 2.79 bits per heavy atom. The number of nitrogens with zero attached hydrogens (tertiary/aromatic N) is 1. The molecule has 0 N–H and O–H groups in total. The van der Waals surface area contributed by atoms with Gasteiger partial charge in [0.2, 0.25) is 0 Å². The minimum absolute atomic E-state index is 0.0946. The summed E-state index contributed by atoms with van der Waals surface area (Å²) in [4.78, 5) is 9.78. The Balaban J connectivity index is 2.73. The second-order valence-electron chi connectivity index (χ2n) is 2.39. The first kappa shape index (κ1) is 10.8. The molecular formula is C7H6NO5S-. The summed E-state index contributed by atoms with van der Waals surface area (Å²) in [5.41, 5.74) is 0.339. The van der Waals surface area contributed by atoms with Crippen LogP contribution in [0.2, 0.25) is 0 Å². The summed E-state index contributed by atoms with van der Waals surface area (Å²) in [5.74, 6) is 0. The first-order valence-electron chi connectivity index (χ1n) is 3.55. The average molecular weight is 216 g/mol. The van der Waals surface area contributed by atoms with Gasteiger partial charge in [0.15, 0.2) is 0 Å². The zero-order valence-electron chi connectivity index (χ0n) is 6.91. The van der Waals surface area contributed by atoms with Gasteiger partial charge in [0.05, 0.1) is 22.9 Å². The highest BCUT2D eigenvalue weighted by molar-refractivity contribution is 7.74. The molecule has 0 spiro atoms.